The summed E-state index contributed by atoms with van der Waals surface area (Å²) in [6, 6.07) is 0. The normalized spacial score (nSPS) is 21.8. The second-order valence-corrected chi connectivity index (χ2v) is 16.9. The van der Waals surface area contributed by atoms with Gasteiger partial charge in [-0.2, -0.15) is 0 Å². The van der Waals surface area contributed by atoms with Crippen LogP contribution in [0.25, 0.3) is 0 Å². The third-order valence-electron chi connectivity index (χ3n) is 10.3. The van der Waals surface area contributed by atoms with Crippen LogP contribution in [-0.4, -0.2) is 87.1 Å². The minimum Gasteiger partial charge on any atom is -0.462 e. The summed E-state index contributed by atoms with van der Waals surface area (Å²) in [5.41, 5.74) is 0. The molecule has 0 aromatic heterocycles. The summed E-state index contributed by atoms with van der Waals surface area (Å²) in [5, 5.41) is 40.0. The molecule has 13 heteroatoms. The van der Waals surface area contributed by atoms with Gasteiger partial charge >= 0.3 is 19.8 Å². The highest BCUT2D eigenvalue weighted by Gasteiger charge is 2.46. The Kier molecular flexibility index (Phi) is 31.0. The summed E-state index contributed by atoms with van der Waals surface area (Å²) in [4.78, 5) is 35.5. The van der Waals surface area contributed by atoms with Gasteiger partial charge in [0.25, 0.3) is 0 Å². The lowest BCUT2D eigenvalue weighted by molar-refractivity contribution is -0.174. The summed E-state index contributed by atoms with van der Waals surface area (Å²) in [6.45, 7) is 3.42. The zero-order chi connectivity index (χ0) is 39.9. The maximum atomic E-state index is 12.7. The molecule has 0 aromatic carbocycles. The molecule has 54 heavy (non-hydrogen) atoms. The zero-order valence-electron chi connectivity index (χ0n) is 33.9. The molecule has 320 valence electrons. The quantitative estimate of drug-likeness (QED) is 0.0231. The van der Waals surface area contributed by atoms with Crippen LogP contribution in [0.3, 0.4) is 0 Å². The Morgan fingerprint density at radius 1 is 0.556 bits per heavy atom. The first-order valence-corrected chi connectivity index (χ1v) is 23.2. The van der Waals surface area contributed by atoms with Crippen molar-refractivity contribution in [3.63, 3.8) is 0 Å². The van der Waals surface area contributed by atoms with Crippen LogP contribution in [0.5, 0.6) is 0 Å². The number of unbranched alkanes of at least 4 members (excludes halogenated alkanes) is 24. The number of phosphoric acid groups is 1. The fourth-order valence-corrected chi connectivity index (χ4v) is 7.85. The molecule has 0 spiro atoms. The van der Waals surface area contributed by atoms with E-state index in [0.717, 1.165) is 38.5 Å². The number of aliphatic hydroxyl groups excluding tert-OH is 4. The van der Waals surface area contributed by atoms with Gasteiger partial charge in [0.2, 0.25) is 0 Å². The molecule has 0 aliphatic heterocycles. The minimum absolute atomic E-state index is 0.134. The average molecular weight is 795 g/mol. The summed E-state index contributed by atoms with van der Waals surface area (Å²) in [6.07, 6.45) is 21.0. The molecule has 0 bridgehead atoms. The van der Waals surface area contributed by atoms with E-state index < -0.39 is 69.4 Å². The van der Waals surface area contributed by atoms with Gasteiger partial charge in [-0.15, -0.1) is 0 Å². The van der Waals surface area contributed by atoms with Crippen molar-refractivity contribution in [3.05, 3.63) is 0 Å². The van der Waals surface area contributed by atoms with Gasteiger partial charge < -0.3 is 34.8 Å². The molecule has 1 fully saturated rings. The van der Waals surface area contributed by atoms with Gasteiger partial charge in [0.1, 0.15) is 24.9 Å². The molecule has 7 atom stereocenters. The second kappa shape index (κ2) is 32.9. The smallest absolute Gasteiger partial charge is 0.462 e. The third-order valence-corrected chi connectivity index (χ3v) is 11.3. The lowest BCUT2D eigenvalue weighted by Crippen LogP contribution is -2.56. The fourth-order valence-electron chi connectivity index (χ4n) is 6.86. The van der Waals surface area contributed by atoms with Crippen LogP contribution in [0.15, 0.2) is 0 Å². The van der Waals surface area contributed by atoms with Gasteiger partial charge in [0.05, 0.1) is 18.8 Å². The predicted octanol–water partition coefficient (Wildman–Crippen LogP) is 8.75. The number of carbonyl (C=O) groups excluding carboxylic acids is 2. The molecular weight excluding hydrogens is 715 g/mol. The molecule has 0 saturated heterocycles. The highest BCUT2D eigenvalue weighted by Crippen LogP contribution is 2.47. The largest absolute Gasteiger partial charge is 0.472 e. The van der Waals surface area contributed by atoms with Gasteiger partial charge in [-0.25, -0.2) is 4.57 Å². The molecule has 0 amide bonds. The maximum absolute atomic E-state index is 12.7. The van der Waals surface area contributed by atoms with Crippen molar-refractivity contribution in [2.75, 3.05) is 13.2 Å². The molecule has 5 N–H and O–H groups in total. The van der Waals surface area contributed by atoms with E-state index in [1.54, 1.807) is 0 Å². The number of phosphoric ester groups is 1. The lowest BCUT2D eigenvalue weighted by atomic mass is 9.87. The van der Waals surface area contributed by atoms with Gasteiger partial charge in [0.15, 0.2) is 6.10 Å². The molecule has 0 aromatic rings. The Labute approximate surface area is 327 Å². The number of aliphatic hydroxyl groups is 4. The van der Waals surface area contributed by atoms with E-state index in [9.17, 15) is 39.5 Å². The van der Waals surface area contributed by atoms with Crippen molar-refractivity contribution in [3.8, 4) is 0 Å². The number of carbonyl (C=O) groups is 2. The molecule has 0 heterocycles. The monoisotopic (exact) mass is 795 g/mol. The predicted molar refractivity (Wildman–Crippen MR) is 211 cm³/mol. The van der Waals surface area contributed by atoms with E-state index in [4.69, 9.17) is 18.5 Å². The SMILES string of the molecule is CCCCCCCCCCCCCCCC(=O)OC[C@@H](COP(=O)(O)O[C@H]1[C@H](O)[C@@H](O)[C@H](O)C[C@H]1O)OC(=O)CCCCCCCCCCCCCCC. The number of esters is 2. The average Bonchev–Trinajstić information content (AvgIpc) is 3.14. The van der Waals surface area contributed by atoms with E-state index in [1.165, 1.54) is 116 Å². The van der Waals surface area contributed by atoms with Crippen LogP contribution in [0.4, 0.5) is 0 Å². The Morgan fingerprint density at radius 3 is 1.37 bits per heavy atom. The van der Waals surface area contributed by atoms with Crippen LogP contribution >= 0.6 is 7.82 Å². The Balaban J connectivity index is 2.44. The standard InChI is InChI=1S/C41H79O12P/c1-3-5-7-9-11-13-15-17-19-21-23-25-27-29-37(44)50-32-34(33-51-54(48,49)53-41-36(43)31-35(42)39(46)40(41)47)52-38(45)30-28-26-24-22-20-18-16-14-12-10-8-6-4-2/h34-36,39-43,46-47H,3-33H2,1-2H3,(H,48,49)/t34-,35+,36+,39-,40+,41+/m0/s1. The topological polar surface area (TPSA) is 189 Å². The summed E-state index contributed by atoms with van der Waals surface area (Å²) >= 11 is 0. The van der Waals surface area contributed by atoms with E-state index in [-0.39, 0.29) is 19.4 Å². The number of ether oxygens (including phenoxy) is 2. The molecule has 0 radical (unpaired) electrons. The minimum atomic E-state index is -4.97. The first-order chi connectivity index (χ1) is 26.0. The lowest BCUT2D eigenvalue weighted by Gasteiger charge is -2.38. The van der Waals surface area contributed by atoms with Crippen LogP contribution in [0.1, 0.15) is 200 Å². The molecule has 1 aliphatic carbocycles. The van der Waals surface area contributed by atoms with Crippen LogP contribution in [-0.2, 0) is 32.7 Å². The van der Waals surface area contributed by atoms with Crippen molar-refractivity contribution in [1.82, 2.24) is 0 Å². The van der Waals surface area contributed by atoms with Crippen LogP contribution < -0.4 is 0 Å². The number of hydrogen-bond acceptors (Lipinski definition) is 11. The molecule has 1 rings (SSSR count). The fraction of sp³-hybridized carbons (Fsp3) is 0.951. The summed E-state index contributed by atoms with van der Waals surface area (Å²) < 4.78 is 33.6. The maximum Gasteiger partial charge on any atom is 0.472 e. The molecule has 1 saturated carbocycles. The molecule has 1 unspecified atom stereocenters. The highest BCUT2D eigenvalue weighted by atomic mass is 31.2. The highest BCUT2D eigenvalue weighted by molar-refractivity contribution is 7.47. The van der Waals surface area contributed by atoms with Gasteiger partial charge in [-0.1, -0.05) is 168 Å². The number of hydrogen-bond donors (Lipinski definition) is 5. The van der Waals surface area contributed by atoms with Gasteiger partial charge in [-0.3, -0.25) is 18.6 Å². The second-order valence-electron chi connectivity index (χ2n) is 15.5. The zero-order valence-corrected chi connectivity index (χ0v) is 34.8. The van der Waals surface area contributed by atoms with Gasteiger partial charge in [0, 0.05) is 19.3 Å². The Hall–Kier alpha value is -1.11. The van der Waals surface area contributed by atoms with Crippen LogP contribution in [0, 0.1) is 0 Å². The Morgan fingerprint density at radius 2 is 0.944 bits per heavy atom. The van der Waals surface area contributed by atoms with Crippen LogP contribution in [0.2, 0.25) is 0 Å². The van der Waals surface area contributed by atoms with Crippen molar-refractivity contribution >= 4 is 19.8 Å². The summed E-state index contributed by atoms with van der Waals surface area (Å²) in [7, 11) is -4.97. The molecule has 1 aliphatic rings. The van der Waals surface area contributed by atoms with E-state index in [1.807, 2.05) is 0 Å². The Bertz CT molecular complexity index is 968. The number of rotatable bonds is 36. The molecular formula is C41H79O12P. The van der Waals surface area contributed by atoms with Crippen molar-refractivity contribution in [1.29, 1.82) is 0 Å². The summed E-state index contributed by atoms with van der Waals surface area (Å²) in [5.74, 6) is -1.02. The van der Waals surface area contributed by atoms with Crippen molar-refractivity contribution < 1.29 is 58.0 Å². The van der Waals surface area contributed by atoms with E-state index >= 15 is 0 Å². The first kappa shape index (κ1) is 50.9. The van der Waals surface area contributed by atoms with Crippen molar-refractivity contribution in [2.45, 2.75) is 237 Å². The third kappa shape index (κ3) is 26.7. The van der Waals surface area contributed by atoms with E-state index in [0.29, 0.717) is 12.8 Å². The first-order valence-electron chi connectivity index (χ1n) is 21.7. The van der Waals surface area contributed by atoms with Crippen molar-refractivity contribution in [2.24, 2.45) is 0 Å². The van der Waals surface area contributed by atoms with Gasteiger partial charge in [-0.05, 0) is 12.8 Å². The van der Waals surface area contributed by atoms with E-state index in [2.05, 4.69) is 13.8 Å². The molecule has 12 nitrogen and oxygen atoms in total.